The van der Waals surface area contributed by atoms with Gasteiger partial charge in [0.05, 0.1) is 10.6 Å². The maximum Gasteiger partial charge on any atom is 0.264 e. The molecule has 3 aromatic rings. The van der Waals surface area contributed by atoms with Crippen LogP contribution in [0.2, 0.25) is 0 Å². The molecule has 0 aliphatic rings. The van der Waals surface area contributed by atoms with Crippen molar-refractivity contribution in [2.45, 2.75) is 37.8 Å². The average Bonchev–Trinajstić information content (AvgIpc) is 2.80. The second kappa shape index (κ2) is 12.2. The fraction of sp³-hybridized carbons (Fsp3) is 0.296. The summed E-state index contributed by atoms with van der Waals surface area (Å²) in [5, 5.41) is 2.84. The van der Waals surface area contributed by atoms with Gasteiger partial charge in [-0.1, -0.05) is 35.9 Å². The molecule has 0 spiro atoms. The van der Waals surface area contributed by atoms with Crippen LogP contribution in [0.1, 0.15) is 28.7 Å². The minimum atomic E-state index is -3.93. The maximum absolute atomic E-state index is 13.5. The Labute approximate surface area is 211 Å². The van der Waals surface area contributed by atoms with Crippen molar-refractivity contribution in [3.8, 4) is 0 Å². The van der Waals surface area contributed by atoms with Crippen molar-refractivity contribution in [3.63, 3.8) is 0 Å². The number of hydrogen-bond donors (Lipinski definition) is 1. The van der Waals surface area contributed by atoms with Crippen molar-refractivity contribution < 1.29 is 17.6 Å². The summed E-state index contributed by atoms with van der Waals surface area (Å²) >= 11 is 1.70. The first-order valence-electron chi connectivity index (χ1n) is 11.4. The number of aryl methyl sites for hydroxylation is 3. The number of nitrogens with one attached hydrogen (secondary N) is 1. The standard InChI is InChI=1S/C27H31FN2O3S2/c1-20-5-11-26(12-6-20)35(32,33)30(25-16-21(2)15-22(3)17-25)18-27(31)29-13-4-14-34-19-23-7-9-24(28)10-8-23/h5-12,15-17H,4,13-14,18-19H2,1-3H3,(H,29,31). The molecule has 5 nitrogen and oxygen atoms in total. The van der Waals surface area contributed by atoms with Gasteiger partial charge in [-0.3, -0.25) is 9.10 Å². The number of carbonyl (C=O) groups excluding carboxylic acids is 1. The van der Waals surface area contributed by atoms with E-state index in [0.29, 0.717) is 12.2 Å². The maximum atomic E-state index is 13.5. The molecule has 0 atom stereocenters. The Morgan fingerprint density at radius 3 is 2.17 bits per heavy atom. The zero-order chi connectivity index (χ0) is 25.4. The Morgan fingerprint density at radius 2 is 1.54 bits per heavy atom. The summed E-state index contributed by atoms with van der Waals surface area (Å²) in [6.07, 6.45) is 0.742. The molecule has 35 heavy (non-hydrogen) atoms. The molecular formula is C27H31FN2O3S2. The van der Waals surface area contributed by atoms with E-state index in [1.807, 2.05) is 26.8 Å². The molecule has 0 unspecified atom stereocenters. The first-order valence-corrected chi connectivity index (χ1v) is 14.0. The van der Waals surface area contributed by atoms with Gasteiger partial charge in [0.1, 0.15) is 12.4 Å². The molecule has 8 heteroatoms. The highest BCUT2D eigenvalue weighted by Gasteiger charge is 2.27. The summed E-state index contributed by atoms with van der Waals surface area (Å²) in [5.74, 6) is 0.980. The number of benzene rings is 3. The number of nitrogens with zero attached hydrogens (tertiary/aromatic N) is 1. The predicted molar refractivity (Wildman–Crippen MR) is 142 cm³/mol. The Bertz CT molecular complexity index is 1220. The Morgan fingerprint density at radius 1 is 0.914 bits per heavy atom. The van der Waals surface area contributed by atoms with Crippen LogP contribution < -0.4 is 9.62 Å². The van der Waals surface area contributed by atoms with E-state index < -0.39 is 10.0 Å². The lowest BCUT2D eigenvalue weighted by molar-refractivity contribution is -0.119. The third kappa shape index (κ3) is 7.83. The summed E-state index contributed by atoms with van der Waals surface area (Å²) in [7, 11) is -3.93. The van der Waals surface area contributed by atoms with Gasteiger partial charge in [-0.2, -0.15) is 11.8 Å². The van der Waals surface area contributed by atoms with E-state index in [0.717, 1.165) is 40.2 Å². The molecule has 0 radical (unpaired) electrons. The van der Waals surface area contributed by atoms with Crippen LogP contribution >= 0.6 is 11.8 Å². The van der Waals surface area contributed by atoms with Crippen molar-refractivity contribution in [2.24, 2.45) is 0 Å². The number of anilines is 1. The fourth-order valence-corrected chi connectivity index (χ4v) is 5.93. The molecule has 0 bridgehead atoms. The van der Waals surface area contributed by atoms with Gasteiger partial charge in [-0.05, 0) is 86.0 Å². The highest BCUT2D eigenvalue weighted by molar-refractivity contribution is 7.98. The lowest BCUT2D eigenvalue weighted by Gasteiger charge is -2.25. The predicted octanol–water partition coefficient (Wildman–Crippen LogP) is 5.39. The van der Waals surface area contributed by atoms with E-state index in [4.69, 9.17) is 0 Å². The van der Waals surface area contributed by atoms with Crippen molar-refractivity contribution >= 4 is 33.4 Å². The normalized spacial score (nSPS) is 11.3. The molecule has 1 amide bonds. The molecule has 1 N–H and O–H groups in total. The quantitative estimate of drug-likeness (QED) is 0.349. The number of thioether (sulfide) groups is 1. The summed E-state index contributed by atoms with van der Waals surface area (Å²) in [6, 6.07) is 18.6. The van der Waals surface area contributed by atoms with Gasteiger partial charge in [0.2, 0.25) is 5.91 Å². The Hall–Kier alpha value is -2.84. The van der Waals surface area contributed by atoms with Gasteiger partial charge in [-0.25, -0.2) is 12.8 Å². The second-order valence-electron chi connectivity index (χ2n) is 8.55. The smallest absolute Gasteiger partial charge is 0.264 e. The van der Waals surface area contributed by atoms with Crippen LogP contribution in [0.4, 0.5) is 10.1 Å². The SMILES string of the molecule is Cc1ccc(S(=O)(=O)N(CC(=O)NCCCSCc2ccc(F)cc2)c2cc(C)cc(C)c2)cc1. The molecule has 0 fully saturated rings. The minimum absolute atomic E-state index is 0.146. The summed E-state index contributed by atoms with van der Waals surface area (Å²) in [6.45, 7) is 5.83. The lowest BCUT2D eigenvalue weighted by Crippen LogP contribution is -2.41. The molecule has 0 heterocycles. The number of rotatable bonds is 11. The lowest BCUT2D eigenvalue weighted by atomic mass is 10.1. The van der Waals surface area contributed by atoms with Crippen LogP contribution in [-0.4, -0.2) is 33.2 Å². The topological polar surface area (TPSA) is 66.5 Å². The average molecular weight is 515 g/mol. The van der Waals surface area contributed by atoms with Gasteiger partial charge in [0.25, 0.3) is 10.0 Å². The Kier molecular flexibility index (Phi) is 9.34. The molecule has 0 aliphatic heterocycles. The summed E-state index contributed by atoms with van der Waals surface area (Å²) in [4.78, 5) is 12.9. The third-order valence-corrected chi connectivity index (χ3v) is 8.26. The first kappa shape index (κ1) is 26.8. The van der Waals surface area contributed by atoms with Crippen LogP contribution in [-0.2, 0) is 20.6 Å². The van der Waals surface area contributed by atoms with E-state index in [1.165, 1.54) is 16.4 Å². The Balaban J connectivity index is 1.62. The molecule has 0 saturated carbocycles. The van der Waals surface area contributed by atoms with Crippen LogP contribution in [0.5, 0.6) is 0 Å². The van der Waals surface area contributed by atoms with Gasteiger partial charge in [0.15, 0.2) is 0 Å². The van der Waals surface area contributed by atoms with E-state index in [9.17, 15) is 17.6 Å². The minimum Gasteiger partial charge on any atom is -0.354 e. The number of sulfonamides is 1. The van der Waals surface area contributed by atoms with Crippen LogP contribution in [0, 0.1) is 26.6 Å². The molecule has 3 aromatic carbocycles. The molecule has 0 aromatic heterocycles. The largest absolute Gasteiger partial charge is 0.354 e. The van der Waals surface area contributed by atoms with E-state index in [-0.39, 0.29) is 23.2 Å². The number of hydrogen-bond acceptors (Lipinski definition) is 4. The van der Waals surface area contributed by atoms with Crippen LogP contribution in [0.3, 0.4) is 0 Å². The fourth-order valence-electron chi connectivity index (χ4n) is 3.61. The molecular weight excluding hydrogens is 483 g/mol. The van der Waals surface area contributed by atoms with Crippen molar-refractivity contribution in [1.82, 2.24) is 5.32 Å². The molecule has 3 rings (SSSR count). The number of halogens is 1. The van der Waals surface area contributed by atoms with Crippen molar-refractivity contribution in [1.29, 1.82) is 0 Å². The van der Waals surface area contributed by atoms with E-state index in [1.54, 1.807) is 60.3 Å². The van der Waals surface area contributed by atoms with E-state index in [2.05, 4.69) is 5.32 Å². The van der Waals surface area contributed by atoms with E-state index >= 15 is 0 Å². The highest BCUT2D eigenvalue weighted by atomic mass is 32.2. The van der Waals surface area contributed by atoms with Crippen LogP contribution in [0.15, 0.2) is 71.6 Å². The van der Waals surface area contributed by atoms with Gasteiger partial charge >= 0.3 is 0 Å². The molecule has 186 valence electrons. The van der Waals surface area contributed by atoms with Gasteiger partial charge in [-0.15, -0.1) is 0 Å². The second-order valence-corrected chi connectivity index (χ2v) is 11.5. The zero-order valence-electron chi connectivity index (χ0n) is 20.3. The molecule has 0 saturated heterocycles. The number of carbonyl (C=O) groups is 1. The van der Waals surface area contributed by atoms with Gasteiger partial charge in [0, 0.05) is 12.3 Å². The van der Waals surface area contributed by atoms with Crippen LogP contribution in [0.25, 0.3) is 0 Å². The third-order valence-electron chi connectivity index (χ3n) is 5.36. The summed E-state index contributed by atoms with van der Waals surface area (Å²) in [5.41, 5.74) is 4.31. The monoisotopic (exact) mass is 514 g/mol. The van der Waals surface area contributed by atoms with Crippen molar-refractivity contribution in [3.05, 3.63) is 94.8 Å². The van der Waals surface area contributed by atoms with Crippen molar-refractivity contribution in [2.75, 3.05) is 23.1 Å². The highest BCUT2D eigenvalue weighted by Crippen LogP contribution is 2.26. The number of amides is 1. The zero-order valence-corrected chi connectivity index (χ0v) is 21.9. The summed E-state index contributed by atoms with van der Waals surface area (Å²) < 4.78 is 41.1. The van der Waals surface area contributed by atoms with Gasteiger partial charge < -0.3 is 5.32 Å². The first-order chi connectivity index (χ1) is 16.6. The molecule has 0 aliphatic carbocycles.